The van der Waals surface area contributed by atoms with Gasteiger partial charge in [-0.15, -0.1) is 0 Å². The second-order valence-corrected chi connectivity index (χ2v) is 3.66. The molecular weight excluding hydrogens is 186 g/mol. The van der Waals surface area contributed by atoms with Gasteiger partial charge in [-0.05, 0) is 30.2 Å². The summed E-state index contributed by atoms with van der Waals surface area (Å²) < 4.78 is 0. The van der Waals surface area contributed by atoms with Gasteiger partial charge in [0.1, 0.15) is 0 Å². The zero-order valence-electron chi connectivity index (χ0n) is 9.41. The number of rotatable bonds is 3. The third-order valence-corrected chi connectivity index (χ3v) is 2.35. The molecule has 0 unspecified atom stereocenters. The van der Waals surface area contributed by atoms with Crippen LogP contribution in [0.25, 0.3) is 5.57 Å². The maximum Gasteiger partial charge on any atom is 0.0391 e. The molecule has 1 rings (SSSR count). The molecule has 1 aromatic carbocycles. The Morgan fingerprint density at radius 2 is 2.07 bits per heavy atom. The van der Waals surface area contributed by atoms with Crippen LogP contribution in [0, 0.1) is 12.3 Å². The molecule has 3 heteroatoms. The predicted octanol–water partition coefficient (Wildman–Crippen LogP) is 2.01. The lowest BCUT2D eigenvalue weighted by molar-refractivity contribution is 1.11. The molecule has 3 N–H and O–H groups in total. The molecule has 1 aromatic rings. The van der Waals surface area contributed by atoms with Crippen molar-refractivity contribution in [3.63, 3.8) is 0 Å². The molecule has 0 heterocycles. The van der Waals surface area contributed by atoms with E-state index in [1.165, 1.54) is 23.7 Å². The number of nitrogens with one attached hydrogen (secondary N) is 1. The van der Waals surface area contributed by atoms with Gasteiger partial charge in [-0.1, -0.05) is 6.07 Å². The lowest BCUT2D eigenvalue weighted by atomic mass is 10.0. The summed E-state index contributed by atoms with van der Waals surface area (Å²) in [6.07, 6.45) is 2.72. The molecule has 3 nitrogen and oxygen atoms in total. The molecule has 0 radical (unpaired) electrons. The van der Waals surface area contributed by atoms with Crippen molar-refractivity contribution < 1.29 is 0 Å². The minimum Gasteiger partial charge on any atom is -0.404 e. The Morgan fingerprint density at radius 1 is 1.40 bits per heavy atom. The van der Waals surface area contributed by atoms with Crippen molar-refractivity contribution in [3.8, 4) is 0 Å². The van der Waals surface area contributed by atoms with Crippen molar-refractivity contribution in [2.24, 2.45) is 5.73 Å². The molecule has 0 fully saturated rings. The van der Waals surface area contributed by atoms with Crippen LogP contribution in [0.1, 0.15) is 11.1 Å². The van der Waals surface area contributed by atoms with E-state index in [4.69, 9.17) is 11.1 Å². The predicted molar refractivity (Wildman–Crippen MR) is 66.5 cm³/mol. The number of benzene rings is 1. The molecule has 0 amide bonds. The van der Waals surface area contributed by atoms with Crippen LogP contribution in [0.15, 0.2) is 24.4 Å². The molecule has 0 bridgehead atoms. The summed E-state index contributed by atoms with van der Waals surface area (Å²) in [7, 11) is 4.02. The highest BCUT2D eigenvalue weighted by molar-refractivity contribution is 6.08. The second-order valence-electron chi connectivity index (χ2n) is 3.66. The van der Waals surface area contributed by atoms with Gasteiger partial charge in [0.05, 0.1) is 0 Å². The number of aryl methyl sites for hydroxylation is 1. The van der Waals surface area contributed by atoms with Gasteiger partial charge in [0, 0.05) is 37.8 Å². The largest absolute Gasteiger partial charge is 0.404 e. The number of anilines is 1. The van der Waals surface area contributed by atoms with Crippen molar-refractivity contribution in [1.82, 2.24) is 0 Å². The number of hydrogen-bond acceptors (Lipinski definition) is 3. The minimum atomic E-state index is 0.739. The van der Waals surface area contributed by atoms with Crippen molar-refractivity contribution in [2.45, 2.75) is 6.92 Å². The summed E-state index contributed by atoms with van der Waals surface area (Å²) in [4.78, 5) is 2.06. The first-order valence-electron chi connectivity index (χ1n) is 4.81. The number of allylic oxidation sites excluding steroid dienone is 1. The Balaban J connectivity index is 3.17. The van der Waals surface area contributed by atoms with Crippen LogP contribution in [0.2, 0.25) is 0 Å². The smallest absolute Gasteiger partial charge is 0.0391 e. The van der Waals surface area contributed by atoms with Gasteiger partial charge in [0.2, 0.25) is 0 Å². The quantitative estimate of drug-likeness (QED) is 0.738. The maximum absolute atomic E-state index is 7.22. The number of nitrogens with two attached hydrogens (primary N) is 1. The summed E-state index contributed by atoms with van der Waals surface area (Å²) >= 11 is 0. The van der Waals surface area contributed by atoms with Crippen LogP contribution < -0.4 is 10.6 Å². The van der Waals surface area contributed by atoms with E-state index < -0.39 is 0 Å². The number of nitrogens with zero attached hydrogens (tertiary/aromatic N) is 1. The van der Waals surface area contributed by atoms with Crippen molar-refractivity contribution >= 4 is 17.5 Å². The fraction of sp³-hybridized carbons (Fsp3) is 0.250. The molecule has 0 aliphatic carbocycles. The first kappa shape index (κ1) is 11.3. The fourth-order valence-electron chi connectivity index (χ4n) is 1.56. The average Bonchev–Trinajstić information content (AvgIpc) is 2.19. The zero-order valence-corrected chi connectivity index (χ0v) is 9.41. The molecule has 80 valence electrons. The third kappa shape index (κ3) is 2.37. The molecule has 0 aliphatic rings. The molecule has 0 saturated heterocycles. The van der Waals surface area contributed by atoms with Crippen LogP contribution in [-0.2, 0) is 0 Å². The summed E-state index contributed by atoms with van der Waals surface area (Å²) in [5.74, 6) is 0. The Kier molecular flexibility index (Phi) is 3.50. The Hall–Kier alpha value is -1.77. The van der Waals surface area contributed by atoms with E-state index in [-0.39, 0.29) is 0 Å². The maximum atomic E-state index is 7.22. The van der Waals surface area contributed by atoms with Gasteiger partial charge in [-0.25, -0.2) is 0 Å². The zero-order chi connectivity index (χ0) is 11.4. The van der Waals surface area contributed by atoms with Crippen molar-refractivity contribution in [1.29, 1.82) is 5.41 Å². The van der Waals surface area contributed by atoms with Gasteiger partial charge in [0.25, 0.3) is 0 Å². The van der Waals surface area contributed by atoms with E-state index in [0.717, 1.165) is 11.1 Å². The lowest BCUT2D eigenvalue weighted by Gasteiger charge is -2.16. The second kappa shape index (κ2) is 4.64. The SMILES string of the molecule is Cc1cc(/C(C=N)=C/N)ccc1N(C)C. The van der Waals surface area contributed by atoms with Crippen LogP contribution in [0.5, 0.6) is 0 Å². The molecule has 0 aromatic heterocycles. The highest BCUT2D eigenvalue weighted by Gasteiger charge is 2.03. The molecule has 15 heavy (non-hydrogen) atoms. The van der Waals surface area contributed by atoms with Crippen LogP contribution in [-0.4, -0.2) is 20.3 Å². The highest BCUT2D eigenvalue weighted by atomic mass is 15.1. The van der Waals surface area contributed by atoms with E-state index in [1.807, 2.05) is 32.3 Å². The summed E-state index contributed by atoms with van der Waals surface area (Å²) in [5, 5.41) is 7.22. The summed E-state index contributed by atoms with van der Waals surface area (Å²) in [5.41, 5.74) is 9.52. The number of hydrogen-bond donors (Lipinski definition) is 2. The van der Waals surface area contributed by atoms with Crippen LogP contribution in [0.3, 0.4) is 0 Å². The first-order valence-corrected chi connectivity index (χ1v) is 4.81. The Labute approximate surface area is 90.7 Å². The molecule has 0 spiro atoms. The van der Waals surface area contributed by atoms with E-state index in [2.05, 4.69) is 11.8 Å². The van der Waals surface area contributed by atoms with Gasteiger partial charge in [-0.2, -0.15) is 0 Å². The summed E-state index contributed by atoms with van der Waals surface area (Å²) in [6, 6.07) is 6.06. The average molecular weight is 203 g/mol. The standard InChI is InChI=1S/C12H17N3/c1-9-6-10(11(7-13)8-14)4-5-12(9)15(2)3/h4-8,13H,14H2,1-3H3/b11-8+,13-7?. The van der Waals surface area contributed by atoms with Gasteiger partial charge < -0.3 is 16.0 Å². The minimum absolute atomic E-state index is 0.739. The van der Waals surface area contributed by atoms with Crippen LogP contribution in [0.4, 0.5) is 5.69 Å². The van der Waals surface area contributed by atoms with Crippen molar-refractivity contribution in [2.75, 3.05) is 19.0 Å². The van der Waals surface area contributed by atoms with Crippen molar-refractivity contribution in [3.05, 3.63) is 35.5 Å². The topological polar surface area (TPSA) is 53.1 Å². The Morgan fingerprint density at radius 3 is 2.47 bits per heavy atom. The van der Waals surface area contributed by atoms with Gasteiger partial charge in [-0.3, -0.25) is 0 Å². The Bertz CT molecular complexity index is 392. The fourth-order valence-corrected chi connectivity index (χ4v) is 1.56. The molecule has 0 aliphatic heterocycles. The van der Waals surface area contributed by atoms with Crippen LogP contribution >= 0.6 is 0 Å². The first-order chi connectivity index (χ1) is 7.10. The molecular formula is C12H17N3. The lowest BCUT2D eigenvalue weighted by Crippen LogP contribution is -2.10. The normalized spacial score (nSPS) is 11.3. The summed E-state index contributed by atoms with van der Waals surface area (Å²) in [6.45, 7) is 2.05. The molecule has 0 atom stereocenters. The van der Waals surface area contributed by atoms with E-state index in [0.29, 0.717) is 0 Å². The highest BCUT2D eigenvalue weighted by Crippen LogP contribution is 2.22. The van der Waals surface area contributed by atoms with Gasteiger partial charge in [0.15, 0.2) is 0 Å². The third-order valence-electron chi connectivity index (χ3n) is 2.35. The van der Waals surface area contributed by atoms with E-state index in [9.17, 15) is 0 Å². The molecule has 0 saturated carbocycles. The van der Waals surface area contributed by atoms with E-state index in [1.54, 1.807) is 0 Å². The van der Waals surface area contributed by atoms with Gasteiger partial charge >= 0.3 is 0 Å². The monoisotopic (exact) mass is 203 g/mol. The van der Waals surface area contributed by atoms with E-state index >= 15 is 0 Å².